The third kappa shape index (κ3) is 3.96. The molecule has 0 amide bonds. The lowest BCUT2D eigenvalue weighted by Gasteiger charge is -2.14. The number of para-hydroxylation sites is 1. The van der Waals surface area contributed by atoms with Gasteiger partial charge in [-0.1, -0.05) is 23.7 Å². The van der Waals surface area contributed by atoms with Gasteiger partial charge in [-0.05, 0) is 37.5 Å². The van der Waals surface area contributed by atoms with Gasteiger partial charge >= 0.3 is 0 Å². The van der Waals surface area contributed by atoms with Crippen molar-refractivity contribution >= 4 is 11.6 Å². The number of aryl methyl sites for hydroxylation is 1. The minimum absolute atomic E-state index is 0.481. The van der Waals surface area contributed by atoms with Crippen LogP contribution in [0.3, 0.4) is 0 Å². The Labute approximate surface area is 130 Å². The van der Waals surface area contributed by atoms with E-state index >= 15 is 0 Å². The van der Waals surface area contributed by atoms with Crippen molar-refractivity contribution in [2.45, 2.75) is 39.0 Å². The van der Waals surface area contributed by atoms with Crippen molar-refractivity contribution in [3.05, 3.63) is 58.4 Å². The van der Waals surface area contributed by atoms with Crippen LogP contribution >= 0.6 is 11.6 Å². The maximum Gasteiger partial charge on any atom is 0.142 e. The van der Waals surface area contributed by atoms with Gasteiger partial charge in [-0.25, -0.2) is 0 Å². The average molecular weight is 303 g/mol. The summed E-state index contributed by atoms with van der Waals surface area (Å²) in [5.41, 5.74) is 3.29. The molecule has 21 heavy (non-hydrogen) atoms. The summed E-state index contributed by atoms with van der Waals surface area (Å²) >= 11 is 6.29. The number of ether oxygens (including phenoxy) is 1. The Hall–Kier alpha value is -1.58. The molecule has 3 rings (SSSR count). The fraction of sp³-hybridized carbons (Fsp3) is 0.353. The smallest absolute Gasteiger partial charge is 0.142 e. The fourth-order valence-electron chi connectivity index (χ4n) is 2.25. The second kappa shape index (κ2) is 6.46. The highest BCUT2D eigenvalue weighted by atomic mass is 35.5. The zero-order chi connectivity index (χ0) is 14.7. The largest absolute Gasteiger partial charge is 0.487 e. The van der Waals surface area contributed by atoms with Gasteiger partial charge in [0.05, 0.1) is 5.02 Å². The highest BCUT2D eigenvalue weighted by molar-refractivity contribution is 6.32. The van der Waals surface area contributed by atoms with Crippen LogP contribution in [0.2, 0.25) is 5.02 Å². The van der Waals surface area contributed by atoms with Crippen LogP contribution in [0.25, 0.3) is 0 Å². The van der Waals surface area contributed by atoms with Crippen molar-refractivity contribution in [1.29, 1.82) is 0 Å². The van der Waals surface area contributed by atoms with Gasteiger partial charge < -0.3 is 10.1 Å². The van der Waals surface area contributed by atoms with E-state index in [9.17, 15) is 0 Å². The van der Waals surface area contributed by atoms with Gasteiger partial charge in [0.25, 0.3) is 0 Å². The first kappa shape index (κ1) is 14.4. The molecule has 4 heteroatoms. The number of pyridine rings is 1. The highest BCUT2D eigenvalue weighted by Gasteiger charge is 2.21. The highest BCUT2D eigenvalue weighted by Crippen LogP contribution is 2.30. The van der Waals surface area contributed by atoms with Crippen molar-refractivity contribution < 1.29 is 4.74 Å². The van der Waals surface area contributed by atoms with Crippen LogP contribution in [0.5, 0.6) is 5.75 Å². The minimum Gasteiger partial charge on any atom is -0.487 e. The number of rotatable bonds is 6. The molecule has 1 aliphatic carbocycles. The first-order valence-corrected chi connectivity index (χ1v) is 7.64. The third-order valence-electron chi connectivity index (χ3n) is 3.52. The molecular weight excluding hydrogens is 284 g/mol. The molecular formula is C17H19ClN2O. The fourth-order valence-corrected chi connectivity index (χ4v) is 2.50. The number of hydrogen-bond donors (Lipinski definition) is 1. The Morgan fingerprint density at radius 3 is 2.95 bits per heavy atom. The molecule has 0 atom stereocenters. The first-order valence-electron chi connectivity index (χ1n) is 7.26. The molecule has 0 saturated heterocycles. The molecule has 1 fully saturated rings. The Kier molecular flexibility index (Phi) is 4.42. The van der Waals surface area contributed by atoms with E-state index in [2.05, 4.69) is 22.4 Å². The van der Waals surface area contributed by atoms with E-state index < -0.39 is 0 Å². The van der Waals surface area contributed by atoms with E-state index in [1.807, 2.05) is 31.5 Å². The van der Waals surface area contributed by atoms with Crippen molar-refractivity contribution in [3.63, 3.8) is 0 Å². The van der Waals surface area contributed by atoms with E-state index in [4.69, 9.17) is 16.3 Å². The second-order valence-corrected chi connectivity index (χ2v) is 5.95. The Morgan fingerprint density at radius 2 is 2.19 bits per heavy atom. The molecule has 0 spiro atoms. The number of halogens is 1. The summed E-state index contributed by atoms with van der Waals surface area (Å²) in [5, 5.41) is 4.15. The lowest BCUT2D eigenvalue weighted by molar-refractivity contribution is 0.301. The normalized spacial score (nSPS) is 14.2. The van der Waals surface area contributed by atoms with Gasteiger partial charge in [0.15, 0.2) is 0 Å². The third-order valence-corrected chi connectivity index (χ3v) is 3.82. The number of benzene rings is 1. The quantitative estimate of drug-likeness (QED) is 0.879. The van der Waals surface area contributed by atoms with E-state index in [1.165, 1.54) is 12.8 Å². The Morgan fingerprint density at radius 1 is 1.33 bits per heavy atom. The predicted molar refractivity (Wildman–Crippen MR) is 84.6 cm³/mol. The monoisotopic (exact) mass is 302 g/mol. The van der Waals surface area contributed by atoms with E-state index in [-0.39, 0.29) is 0 Å². The number of hydrogen-bond acceptors (Lipinski definition) is 3. The first-order chi connectivity index (χ1) is 10.2. The van der Waals surface area contributed by atoms with E-state index in [0.29, 0.717) is 17.7 Å². The molecule has 0 bridgehead atoms. The van der Waals surface area contributed by atoms with Crippen LogP contribution in [0.1, 0.15) is 29.5 Å². The SMILES string of the molecule is Cc1cncc(COc2c(Cl)cccc2CNC2CC2)c1. The maximum absolute atomic E-state index is 6.29. The molecule has 0 unspecified atom stereocenters. The molecule has 1 aromatic heterocycles. The summed E-state index contributed by atoms with van der Waals surface area (Å²) < 4.78 is 5.95. The van der Waals surface area contributed by atoms with Crippen LogP contribution in [0.15, 0.2) is 36.7 Å². The molecule has 3 nitrogen and oxygen atoms in total. The topological polar surface area (TPSA) is 34.1 Å². The molecule has 2 aromatic rings. The minimum atomic E-state index is 0.481. The summed E-state index contributed by atoms with van der Waals surface area (Å²) in [6.07, 6.45) is 6.20. The number of nitrogens with one attached hydrogen (secondary N) is 1. The van der Waals surface area contributed by atoms with Gasteiger partial charge in [0.1, 0.15) is 12.4 Å². The zero-order valence-corrected chi connectivity index (χ0v) is 12.9. The molecule has 1 heterocycles. The Bertz CT molecular complexity index is 626. The van der Waals surface area contributed by atoms with Crippen LogP contribution in [-0.2, 0) is 13.2 Å². The summed E-state index contributed by atoms with van der Waals surface area (Å²) in [4.78, 5) is 4.18. The van der Waals surface area contributed by atoms with Gasteiger partial charge in [-0.15, -0.1) is 0 Å². The van der Waals surface area contributed by atoms with Crippen LogP contribution in [0, 0.1) is 6.92 Å². The van der Waals surface area contributed by atoms with Gasteiger partial charge in [0.2, 0.25) is 0 Å². The molecule has 1 saturated carbocycles. The van der Waals surface area contributed by atoms with Crippen molar-refractivity contribution in [1.82, 2.24) is 10.3 Å². The van der Waals surface area contributed by atoms with Crippen LogP contribution in [0.4, 0.5) is 0 Å². The van der Waals surface area contributed by atoms with Crippen molar-refractivity contribution in [2.75, 3.05) is 0 Å². The zero-order valence-electron chi connectivity index (χ0n) is 12.1. The number of aromatic nitrogens is 1. The Balaban J connectivity index is 1.70. The molecule has 0 radical (unpaired) electrons. The van der Waals surface area contributed by atoms with Gasteiger partial charge in [0, 0.05) is 36.1 Å². The molecule has 0 aliphatic heterocycles. The average Bonchev–Trinajstić information content (AvgIpc) is 3.28. The van der Waals surface area contributed by atoms with E-state index in [0.717, 1.165) is 29.0 Å². The summed E-state index contributed by atoms with van der Waals surface area (Å²) in [5.74, 6) is 0.772. The standard InChI is InChI=1S/C17H19ClN2O/c1-12-7-13(9-19-8-12)11-21-17-14(3-2-4-16(17)18)10-20-15-5-6-15/h2-4,7-9,15,20H,5-6,10-11H2,1H3. The summed E-state index contributed by atoms with van der Waals surface area (Å²) in [7, 11) is 0. The second-order valence-electron chi connectivity index (χ2n) is 5.54. The van der Waals surface area contributed by atoms with Crippen molar-refractivity contribution in [2.24, 2.45) is 0 Å². The van der Waals surface area contributed by atoms with Gasteiger partial charge in [-0.3, -0.25) is 4.98 Å². The maximum atomic E-state index is 6.29. The lowest BCUT2D eigenvalue weighted by atomic mass is 10.2. The van der Waals surface area contributed by atoms with Crippen LogP contribution in [-0.4, -0.2) is 11.0 Å². The van der Waals surface area contributed by atoms with E-state index in [1.54, 1.807) is 0 Å². The molecule has 1 N–H and O–H groups in total. The summed E-state index contributed by atoms with van der Waals surface area (Å²) in [6.45, 7) is 3.30. The molecule has 1 aromatic carbocycles. The summed E-state index contributed by atoms with van der Waals surface area (Å²) in [6, 6.07) is 8.63. The molecule has 110 valence electrons. The van der Waals surface area contributed by atoms with Crippen LogP contribution < -0.4 is 10.1 Å². The van der Waals surface area contributed by atoms with Crippen molar-refractivity contribution in [3.8, 4) is 5.75 Å². The lowest BCUT2D eigenvalue weighted by Crippen LogP contribution is -2.16. The number of nitrogens with zero attached hydrogens (tertiary/aromatic N) is 1. The predicted octanol–water partition coefficient (Wildman–Crippen LogP) is 3.87. The van der Waals surface area contributed by atoms with Gasteiger partial charge in [-0.2, -0.15) is 0 Å². The molecule has 1 aliphatic rings.